The average Bonchev–Trinajstić information content (AvgIpc) is 3.30. The number of hydrogen-bond acceptors (Lipinski definition) is 3. The van der Waals surface area contributed by atoms with E-state index in [4.69, 9.17) is 0 Å². The van der Waals surface area contributed by atoms with Crippen LogP contribution in [0.4, 0.5) is 13.2 Å². The fourth-order valence-electron chi connectivity index (χ4n) is 2.56. The quantitative estimate of drug-likeness (QED) is 0.788. The third-order valence-corrected chi connectivity index (χ3v) is 4.02. The molecule has 0 saturated heterocycles. The van der Waals surface area contributed by atoms with Crippen molar-refractivity contribution in [3.63, 3.8) is 0 Å². The number of benzene rings is 1. The minimum absolute atomic E-state index is 0.0512. The molecule has 0 unspecified atom stereocenters. The molecular formula is C17H13F3N4O. The van der Waals surface area contributed by atoms with E-state index in [1.165, 1.54) is 36.5 Å². The number of nitrogens with zero attached hydrogens (tertiary/aromatic N) is 3. The highest BCUT2D eigenvalue weighted by Gasteiger charge is 2.27. The van der Waals surface area contributed by atoms with Crippen LogP contribution in [0, 0.1) is 5.82 Å². The lowest BCUT2D eigenvalue weighted by molar-refractivity contribution is 0.0952. The molecule has 1 aromatic carbocycles. The number of fused-ring (bicyclic) bond motifs is 1. The van der Waals surface area contributed by atoms with Crippen LogP contribution in [0.15, 0.2) is 36.5 Å². The zero-order valence-electron chi connectivity index (χ0n) is 12.9. The van der Waals surface area contributed by atoms with Gasteiger partial charge in [-0.05, 0) is 43.2 Å². The predicted molar refractivity (Wildman–Crippen MR) is 83.8 cm³/mol. The van der Waals surface area contributed by atoms with Crippen molar-refractivity contribution in [2.45, 2.75) is 25.3 Å². The second-order valence-corrected chi connectivity index (χ2v) is 5.92. The molecule has 2 aromatic heterocycles. The molecule has 128 valence electrons. The summed E-state index contributed by atoms with van der Waals surface area (Å²) in [5.41, 5.74) is 0.507. The van der Waals surface area contributed by atoms with E-state index in [1.54, 1.807) is 0 Å². The summed E-state index contributed by atoms with van der Waals surface area (Å²) in [5.74, 6) is -0.825. The van der Waals surface area contributed by atoms with Gasteiger partial charge in [0.05, 0.1) is 11.9 Å². The van der Waals surface area contributed by atoms with E-state index in [-0.39, 0.29) is 34.5 Å². The number of alkyl halides is 2. The van der Waals surface area contributed by atoms with Crippen LogP contribution in [0.25, 0.3) is 16.9 Å². The fourth-order valence-corrected chi connectivity index (χ4v) is 2.56. The Bertz CT molecular complexity index is 948. The normalized spacial score (nSPS) is 14.2. The summed E-state index contributed by atoms with van der Waals surface area (Å²) in [6, 6.07) is 6.66. The van der Waals surface area contributed by atoms with Crippen molar-refractivity contribution in [1.29, 1.82) is 0 Å². The first-order valence-electron chi connectivity index (χ1n) is 7.76. The Morgan fingerprint density at radius 2 is 1.96 bits per heavy atom. The summed E-state index contributed by atoms with van der Waals surface area (Å²) < 4.78 is 41.0. The molecular weight excluding hydrogens is 333 g/mol. The summed E-state index contributed by atoms with van der Waals surface area (Å²) in [6.45, 7) is 0. The average molecular weight is 346 g/mol. The highest BCUT2D eigenvalue weighted by molar-refractivity contribution is 6.00. The maximum atomic E-state index is 13.4. The minimum atomic E-state index is -2.80. The van der Waals surface area contributed by atoms with E-state index in [2.05, 4.69) is 15.4 Å². The fraction of sp³-hybridized carbons (Fsp3) is 0.235. The molecule has 0 spiro atoms. The van der Waals surface area contributed by atoms with Crippen LogP contribution < -0.4 is 5.32 Å². The molecule has 0 bridgehead atoms. The molecule has 4 rings (SSSR count). The number of aromatic nitrogens is 3. The minimum Gasteiger partial charge on any atom is -0.349 e. The first-order chi connectivity index (χ1) is 12.0. The van der Waals surface area contributed by atoms with Crippen LogP contribution in [-0.4, -0.2) is 26.5 Å². The first kappa shape index (κ1) is 15.6. The smallest absolute Gasteiger partial charge is 0.280 e. The topological polar surface area (TPSA) is 59.3 Å². The number of carbonyl (C=O) groups excluding carboxylic acids is 1. The van der Waals surface area contributed by atoms with Crippen LogP contribution in [-0.2, 0) is 0 Å². The van der Waals surface area contributed by atoms with Gasteiger partial charge in [0, 0.05) is 11.6 Å². The lowest BCUT2D eigenvalue weighted by Crippen LogP contribution is -2.25. The van der Waals surface area contributed by atoms with E-state index < -0.39 is 12.2 Å². The van der Waals surface area contributed by atoms with Crippen LogP contribution in [0.5, 0.6) is 0 Å². The molecule has 1 aliphatic rings. The molecule has 1 saturated carbocycles. The van der Waals surface area contributed by atoms with E-state index in [1.807, 2.05) is 0 Å². The van der Waals surface area contributed by atoms with Gasteiger partial charge in [-0.1, -0.05) is 0 Å². The van der Waals surface area contributed by atoms with Crippen LogP contribution in [0.1, 0.15) is 35.3 Å². The van der Waals surface area contributed by atoms with Crippen molar-refractivity contribution in [3.05, 3.63) is 53.6 Å². The molecule has 25 heavy (non-hydrogen) atoms. The molecule has 1 N–H and O–H groups in total. The third kappa shape index (κ3) is 2.95. The third-order valence-electron chi connectivity index (χ3n) is 4.02. The second-order valence-electron chi connectivity index (χ2n) is 5.92. The van der Waals surface area contributed by atoms with Gasteiger partial charge < -0.3 is 5.32 Å². The van der Waals surface area contributed by atoms with Crippen molar-refractivity contribution in [2.24, 2.45) is 0 Å². The maximum Gasteiger partial charge on any atom is 0.280 e. The standard InChI is InChI=1S/C17H13F3N4O/c18-10-3-1-9(2-4-10)13-7-14(15(19)20)24-16(23-13)12(8-21-24)17(25)22-11-5-6-11/h1-4,7-8,11,15H,5-6H2,(H,22,25). The molecule has 1 fully saturated rings. The number of hydrogen-bond donors (Lipinski definition) is 1. The Balaban J connectivity index is 1.86. The number of nitrogens with one attached hydrogen (secondary N) is 1. The van der Waals surface area contributed by atoms with E-state index in [9.17, 15) is 18.0 Å². The van der Waals surface area contributed by atoms with E-state index in [0.717, 1.165) is 17.4 Å². The van der Waals surface area contributed by atoms with Gasteiger partial charge in [-0.15, -0.1) is 0 Å². The van der Waals surface area contributed by atoms with Crippen LogP contribution >= 0.6 is 0 Å². The van der Waals surface area contributed by atoms with Gasteiger partial charge in [-0.25, -0.2) is 22.7 Å². The van der Waals surface area contributed by atoms with Crippen molar-refractivity contribution < 1.29 is 18.0 Å². The van der Waals surface area contributed by atoms with E-state index in [0.29, 0.717) is 5.56 Å². The van der Waals surface area contributed by atoms with Crippen molar-refractivity contribution in [3.8, 4) is 11.3 Å². The number of rotatable bonds is 4. The first-order valence-corrected chi connectivity index (χ1v) is 7.76. The van der Waals surface area contributed by atoms with Gasteiger partial charge in [0.25, 0.3) is 12.3 Å². The Morgan fingerprint density at radius 3 is 2.60 bits per heavy atom. The van der Waals surface area contributed by atoms with Crippen molar-refractivity contribution >= 4 is 11.6 Å². The zero-order chi connectivity index (χ0) is 17.6. The molecule has 0 radical (unpaired) electrons. The molecule has 3 aromatic rings. The molecule has 0 aliphatic heterocycles. The monoisotopic (exact) mass is 346 g/mol. The van der Waals surface area contributed by atoms with E-state index >= 15 is 0 Å². The van der Waals surface area contributed by atoms with Crippen molar-refractivity contribution in [1.82, 2.24) is 19.9 Å². The SMILES string of the molecule is O=C(NC1CC1)c1cnn2c(C(F)F)cc(-c3ccc(F)cc3)nc12. The van der Waals surface area contributed by atoms with Gasteiger partial charge in [-0.3, -0.25) is 4.79 Å². The molecule has 1 amide bonds. The molecule has 2 heterocycles. The number of amides is 1. The Labute approximate surface area is 140 Å². The number of carbonyl (C=O) groups is 1. The highest BCUT2D eigenvalue weighted by atomic mass is 19.3. The zero-order valence-corrected chi connectivity index (χ0v) is 12.9. The molecule has 1 aliphatic carbocycles. The Hall–Kier alpha value is -2.90. The summed E-state index contributed by atoms with van der Waals surface area (Å²) in [5, 5.41) is 6.69. The van der Waals surface area contributed by atoms with Gasteiger partial charge in [0.15, 0.2) is 5.65 Å². The van der Waals surface area contributed by atoms with Gasteiger partial charge in [0.2, 0.25) is 0 Å². The van der Waals surface area contributed by atoms with Gasteiger partial charge >= 0.3 is 0 Å². The molecule has 8 heteroatoms. The summed E-state index contributed by atoms with van der Waals surface area (Å²) in [7, 11) is 0. The van der Waals surface area contributed by atoms with Crippen LogP contribution in [0.2, 0.25) is 0 Å². The number of halogens is 3. The molecule has 0 atom stereocenters. The summed E-state index contributed by atoms with van der Waals surface area (Å²) in [6.07, 6.45) is 0.243. The summed E-state index contributed by atoms with van der Waals surface area (Å²) >= 11 is 0. The highest BCUT2D eigenvalue weighted by Crippen LogP contribution is 2.27. The maximum absolute atomic E-state index is 13.4. The lowest BCUT2D eigenvalue weighted by Gasteiger charge is -2.08. The lowest BCUT2D eigenvalue weighted by atomic mass is 10.1. The summed E-state index contributed by atoms with van der Waals surface area (Å²) in [4.78, 5) is 16.6. The van der Waals surface area contributed by atoms with Crippen LogP contribution in [0.3, 0.4) is 0 Å². The predicted octanol–water partition coefficient (Wildman–Crippen LogP) is 3.37. The second kappa shape index (κ2) is 5.87. The Kier molecular flexibility index (Phi) is 3.67. The van der Waals surface area contributed by atoms with Gasteiger partial charge in [-0.2, -0.15) is 5.10 Å². The van der Waals surface area contributed by atoms with Gasteiger partial charge in [0.1, 0.15) is 17.1 Å². The Morgan fingerprint density at radius 1 is 1.24 bits per heavy atom. The largest absolute Gasteiger partial charge is 0.349 e. The molecule has 5 nitrogen and oxygen atoms in total. The van der Waals surface area contributed by atoms with Crippen molar-refractivity contribution in [2.75, 3.05) is 0 Å².